The number of piperidine rings is 1. The SMILES string of the molecule is C[C@H](Cn1cccn1)NC(=O)[C@H]1CCCN(C(N)=O)C1. The van der Waals surface area contributed by atoms with Crippen LogP contribution in [-0.2, 0) is 11.3 Å². The van der Waals surface area contributed by atoms with Gasteiger partial charge in [-0.05, 0) is 25.8 Å². The van der Waals surface area contributed by atoms with Gasteiger partial charge in [-0.3, -0.25) is 9.48 Å². The maximum atomic E-state index is 12.2. The molecule has 0 aromatic carbocycles. The second kappa shape index (κ2) is 6.40. The van der Waals surface area contributed by atoms with E-state index in [0.29, 0.717) is 19.6 Å². The van der Waals surface area contributed by atoms with Crippen molar-refractivity contribution in [2.24, 2.45) is 11.7 Å². The van der Waals surface area contributed by atoms with Gasteiger partial charge in [-0.2, -0.15) is 5.10 Å². The van der Waals surface area contributed by atoms with Crippen LogP contribution in [0.25, 0.3) is 0 Å². The van der Waals surface area contributed by atoms with E-state index in [1.165, 1.54) is 4.90 Å². The number of primary amides is 1. The molecule has 0 bridgehead atoms. The lowest BCUT2D eigenvalue weighted by Crippen LogP contribution is -2.49. The number of carbonyl (C=O) groups is 2. The van der Waals surface area contributed by atoms with Crippen molar-refractivity contribution in [2.75, 3.05) is 13.1 Å². The zero-order valence-electron chi connectivity index (χ0n) is 11.7. The quantitative estimate of drug-likeness (QED) is 0.823. The fourth-order valence-electron chi connectivity index (χ4n) is 2.49. The number of nitrogens with zero attached hydrogens (tertiary/aromatic N) is 3. The van der Waals surface area contributed by atoms with Gasteiger partial charge in [-0.1, -0.05) is 0 Å². The normalized spacial score (nSPS) is 20.4. The lowest BCUT2D eigenvalue weighted by atomic mass is 9.97. The molecular weight excluding hydrogens is 258 g/mol. The summed E-state index contributed by atoms with van der Waals surface area (Å²) in [6.45, 7) is 3.62. The Kier molecular flexibility index (Phi) is 4.60. The van der Waals surface area contributed by atoms with Gasteiger partial charge in [0, 0.05) is 31.5 Å². The van der Waals surface area contributed by atoms with E-state index < -0.39 is 6.03 Å². The minimum absolute atomic E-state index is 0.00801. The number of urea groups is 1. The largest absolute Gasteiger partial charge is 0.351 e. The van der Waals surface area contributed by atoms with E-state index in [4.69, 9.17) is 5.73 Å². The molecule has 1 aromatic heterocycles. The average molecular weight is 279 g/mol. The van der Waals surface area contributed by atoms with E-state index in [0.717, 1.165) is 12.8 Å². The summed E-state index contributed by atoms with van der Waals surface area (Å²) in [6.07, 6.45) is 5.18. The van der Waals surface area contributed by atoms with Crippen LogP contribution >= 0.6 is 0 Å². The molecule has 1 aliphatic rings. The molecule has 0 spiro atoms. The minimum atomic E-state index is -0.452. The number of hydrogen-bond donors (Lipinski definition) is 2. The summed E-state index contributed by atoms with van der Waals surface area (Å²) >= 11 is 0. The first-order valence-electron chi connectivity index (χ1n) is 6.88. The molecule has 1 saturated heterocycles. The van der Waals surface area contributed by atoms with Crippen LogP contribution in [0.4, 0.5) is 4.79 Å². The molecular formula is C13H21N5O2. The second-order valence-electron chi connectivity index (χ2n) is 5.26. The molecule has 0 saturated carbocycles. The lowest BCUT2D eigenvalue weighted by molar-refractivity contribution is -0.127. The van der Waals surface area contributed by atoms with Crippen molar-refractivity contribution in [1.29, 1.82) is 0 Å². The van der Waals surface area contributed by atoms with Crippen molar-refractivity contribution in [1.82, 2.24) is 20.0 Å². The first-order chi connectivity index (χ1) is 9.56. The van der Waals surface area contributed by atoms with Crippen LogP contribution in [0, 0.1) is 5.92 Å². The van der Waals surface area contributed by atoms with Crippen LogP contribution < -0.4 is 11.1 Å². The number of aromatic nitrogens is 2. The predicted molar refractivity (Wildman–Crippen MR) is 73.7 cm³/mol. The number of hydrogen-bond acceptors (Lipinski definition) is 3. The third-order valence-corrected chi connectivity index (χ3v) is 3.51. The summed E-state index contributed by atoms with van der Waals surface area (Å²) < 4.78 is 1.78. The van der Waals surface area contributed by atoms with Crippen molar-refractivity contribution in [3.63, 3.8) is 0 Å². The highest BCUT2D eigenvalue weighted by molar-refractivity contribution is 5.80. The highest BCUT2D eigenvalue weighted by Crippen LogP contribution is 2.16. The molecule has 1 aromatic rings. The first-order valence-corrected chi connectivity index (χ1v) is 6.88. The Morgan fingerprint density at radius 1 is 1.55 bits per heavy atom. The number of rotatable bonds is 4. The van der Waals surface area contributed by atoms with E-state index in [2.05, 4.69) is 10.4 Å². The molecule has 7 nitrogen and oxygen atoms in total. The average Bonchev–Trinajstić information content (AvgIpc) is 2.91. The maximum absolute atomic E-state index is 12.2. The third-order valence-electron chi connectivity index (χ3n) is 3.51. The number of amides is 3. The van der Waals surface area contributed by atoms with Crippen LogP contribution in [0.3, 0.4) is 0 Å². The lowest BCUT2D eigenvalue weighted by Gasteiger charge is -2.31. The van der Waals surface area contributed by atoms with Gasteiger partial charge in [0.2, 0.25) is 5.91 Å². The molecule has 2 heterocycles. The molecule has 2 atom stereocenters. The summed E-state index contributed by atoms with van der Waals surface area (Å²) in [6, 6.07) is 1.39. The molecule has 1 fully saturated rings. The molecule has 20 heavy (non-hydrogen) atoms. The number of carbonyl (C=O) groups excluding carboxylic acids is 2. The topological polar surface area (TPSA) is 93.2 Å². The standard InChI is InChI=1S/C13H21N5O2/c1-10(8-18-7-3-5-15-18)16-12(19)11-4-2-6-17(9-11)13(14)20/h3,5,7,10-11H,2,4,6,8-9H2,1H3,(H2,14,20)(H,16,19)/t10-,11+/m1/s1. The van der Waals surface area contributed by atoms with Gasteiger partial charge in [-0.25, -0.2) is 4.79 Å². The Morgan fingerprint density at radius 2 is 2.35 bits per heavy atom. The molecule has 2 rings (SSSR count). The van der Waals surface area contributed by atoms with Crippen molar-refractivity contribution in [3.05, 3.63) is 18.5 Å². The third kappa shape index (κ3) is 3.72. The Balaban J connectivity index is 1.83. The van der Waals surface area contributed by atoms with E-state index in [1.807, 2.05) is 19.2 Å². The summed E-state index contributed by atoms with van der Waals surface area (Å²) in [4.78, 5) is 24.9. The molecule has 0 aliphatic carbocycles. The van der Waals surface area contributed by atoms with E-state index in [1.54, 1.807) is 10.9 Å². The highest BCUT2D eigenvalue weighted by atomic mass is 16.2. The number of likely N-dealkylation sites (tertiary alicyclic amines) is 1. The fraction of sp³-hybridized carbons (Fsp3) is 0.615. The number of nitrogens with two attached hydrogens (primary N) is 1. The van der Waals surface area contributed by atoms with Crippen molar-refractivity contribution in [2.45, 2.75) is 32.4 Å². The number of nitrogens with one attached hydrogen (secondary N) is 1. The zero-order chi connectivity index (χ0) is 14.5. The van der Waals surface area contributed by atoms with Crippen LogP contribution in [-0.4, -0.2) is 45.8 Å². The van der Waals surface area contributed by atoms with E-state index in [-0.39, 0.29) is 17.9 Å². The molecule has 0 radical (unpaired) electrons. The minimum Gasteiger partial charge on any atom is -0.351 e. The molecule has 0 unspecified atom stereocenters. The van der Waals surface area contributed by atoms with Gasteiger partial charge in [0.15, 0.2) is 0 Å². The Hall–Kier alpha value is -2.05. The molecule has 7 heteroatoms. The van der Waals surface area contributed by atoms with Crippen LogP contribution in [0.2, 0.25) is 0 Å². The Bertz CT molecular complexity index is 459. The van der Waals surface area contributed by atoms with E-state index in [9.17, 15) is 9.59 Å². The zero-order valence-corrected chi connectivity index (χ0v) is 11.7. The predicted octanol–water partition coefficient (Wildman–Crippen LogP) is 0.179. The molecule has 110 valence electrons. The molecule has 3 amide bonds. The van der Waals surface area contributed by atoms with E-state index >= 15 is 0 Å². The summed E-state index contributed by atoms with van der Waals surface area (Å²) in [7, 11) is 0. The second-order valence-corrected chi connectivity index (χ2v) is 5.26. The first kappa shape index (κ1) is 14.4. The smallest absolute Gasteiger partial charge is 0.314 e. The van der Waals surface area contributed by atoms with Crippen molar-refractivity contribution in [3.8, 4) is 0 Å². The van der Waals surface area contributed by atoms with Gasteiger partial charge in [0.05, 0.1) is 12.5 Å². The summed E-state index contributed by atoms with van der Waals surface area (Å²) in [5, 5.41) is 7.08. The van der Waals surface area contributed by atoms with Gasteiger partial charge in [0.1, 0.15) is 0 Å². The van der Waals surface area contributed by atoms with Gasteiger partial charge in [0.25, 0.3) is 0 Å². The van der Waals surface area contributed by atoms with Gasteiger partial charge < -0.3 is 16.0 Å². The van der Waals surface area contributed by atoms with Crippen molar-refractivity contribution < 1.29 is 9.59 Å². The Labute approximate surface area is 118 Å². The monoisotopic (exact) mass is 279 g/mol. The Morgan fingerprint density at radius 3 is 3.00 bits per heavy atom. The summed E-state index contributed by atoms with van der Waals surface area (Å²) in [5.41, 5.74) is 5.26. The highest BCUT2D eigenvalue weighted by Gasteiger charge is 2.27. The van der Waals surface area contributed by atoms with Crippen LogP contribution in [0.1, 0.15) is 19.8 Å². The van der Waals surface area contributed by atoms with Gasteiger partial charge in [-0.15, -0.1) is 0 Å². The molecule has 3 N–H and O–H groups in total. The fourth-order valence-corrected chi connectivity index (χ4v) is 2.49. The van der Waals surface area contributed by atoms with Gasteiger partial charge >= 0.3 is 6.03 Å². The molecule has 1 aliphatic heterocycles. The van der Waals surface area contributed by atoms with Crippen LogP contribution in [0.15, 0.2) is 18.5 Å². The van der Waals surface area contributed by atoms with Crippen LogP contribution in [0.5, 0.6) is 0 Å². The maximum Gasteiger partial charge on any atom is 0.314 e. The summed E-state index contributed by atoms with van der Waals surface area (Å²) in [5.74, 6) is -0.188. The van der Waals surface area contributed by atoms with Crippen molar-refractivity contribution >= 4 is 11.9 Å².